The molecule has 1 aliphatic heterocycles. The number of ether oxygens (including phenoxy) is 1. The van der Waals surface area contributed by atoms with Crippen molar-refractivity contribution in [3.8, 4) is 5.75 Å². The molecule has 1 aromatic carbocycles. The molecule has 0 radical (unpaired) electrons. The second-order valence-corrected chi connectivity index (χ2v) is 7.25. The van der Waals surface area contributed by atoms with Crippen LogP contribution in [0.15, 0.2) is 29.2 Å². The molecule has 0 N–H and O–H groups in total. The minimum atomic E-state index is -3.78. The predicted octanol–water partition coefficient (Wildman–Crippen LogP) is 0.160. The van der Waals surface area contributed by atoms with E-state index in [1.165, 1.54) is 25.0 Å². The summed E-state index contributed by atoms with van der Waals surface area (Å²) in [5.41, 5.74) is 0. The zero-order chi connectivity index (χ0) is 17.0. The Labute approximate surface area is 135 Å². The van der Waals surface area contributed by atoms with Crippen molar-refractivity contribution in [2.75, 3.05) is 39.0 Å². The van der Waals surface area contributed by atoms with Gasteiger partial charge in [-0.25, -0.2) is 8.42 Å². The topological polar surface area (TPSA) is 84.0 Å². The monoisotopic (exact) mass is 340 g/mol. The third kappa shape index (κ3) is 4.01. The number of rotatable bonds is 4. The summed E-state index contributed by atoms with van der Waals surface area (Å²) >= 11 is 0. The van der Waals surface area contributed by atoms with E-state index in [4.69, 9.17) is 4.74 Å². The van der Waals surface area contributed by atoms with Crippen molar-refractivity contribution in [1.29, 1.82) is 0 Å². The maximum atomic E-state index is 12.4. The van der Waals surface area contributed by atoms with E-state index in [1.807, 2.05) is 0 Å². The van der Waals surface area contributed by atoms with Crippen LogP contribution in [0.5, 0.6) is 5.75 Å². The smallest absolute Gasteiger partial charge is 0.238 e. The standard InChI is InChI=1S/C15H20N2O5S/c1-12(18)16-7-9-17(10-8-16)15(19)11-23(20,21)14-6-4-3-5-13(14)22-2/h3-6H,7-11H2,1-2H3. The van der Waals surface area contributed by atoms with Crippen molar-refractivity contribution >= 4 is 21.7 Å². The Morgan fingerprint density at radius 3 is 2.22 bits per heavy atom. The molecule has 0 aromatic heterocycles. The lowest BCUT2D eigenvalue weighted by Gasteiger charge is -2.34. The Hall–Kier alpha value is -2.09. The summed E-state index contributed by atoms with van der Waals surface area (Å²) in [4.78, 5) is 26.7. The van der Waals surface area contributed by atoms with Gasteiger partial charge in [0.15, 0.2) is 9.84 Å². The Bertz CT molecular complexity index is 694. The fourth-order valence-corrected chi connectivity index (χ4v) is 3.89. The maximum absolute atomic E-state index is 12.4. The highest BCUT2D eigenvalue weighted by Crippen LogP contribution is 2.24. The number of carbonyl (C=O) groups is 2. The van der Waals surface area contributed by atoms with Gasteiger partial charge in [0.1, 0.15) is 16.4 Å². The number of carbonyl (C=O) groups excluding carboxylic acids is 2. The van der Waals surface area contributed by atoms with Gasteiger partial charge in [0.25, 0.3) is 0 Å². The second kappa shape index (κ2) is 6.99. The van der Waals surface area contributed by atoms with Gasteiger partial charge in [0, 0.05) is 33.1 Å². The molecule has 2 amide bonds. The summed E-state index contributed by atoms with van der Waals surface area (Å²) in [5, 5.41) is 0. The quantitative estimate of drug-likeness (QED) is 0.780. The molecule has 0 bridgehead atoms. The van der Waals surface area contributed by atoms with Gasteiger partial charge in [-0.05, 0) is 12.1 Å². The zero-order valence-corrected chi connectivity index (χ0v) is 14.0. The van der Waals surface area contributed by atoms with Crippen LogP contribution in [0.3, 0.4) is 0 Å². The lowest BCUT2D eigenvalue weighted by molar-refractivity contribution is -0.136. The molecule has 2 rings (SSSR count). The van der Waals surface area contributed by atoms with Crippen LogP contribution in [0.25, 0.3) is 0 Å². The summed E-state index contributed by atoms with van der Waals surface area (Å²) < 4.78 is 29.9. The number of nitrogens with zero attached hydrogens (tertiary/aromatic N) is 2. The van der Waals surface area contributed by atoms with Crippen LogP contribution in [0.1, 0.15) is 6.92 Å². The van der Waals surface area contributed by atoms with Gasteiger partial charge in [-0.1, -0.05) is 12.1 Å². The van der Waals surface area contributed by atoms with Gasteiger partial charge in [-0.15, -0.1) is 0 Å². The Morgan fingerprint density at radius 2 is 1.65 bits per heavy atom. The molecule has 1 saturated heterocycles. The first-order chi connectivity index (χ1) is 10.8. The fraction of sp³-hybridized carbons (Fsp3) is 0.467. The van der Waals surface area contributed by atoms with Crippen LogP contribution >= 0.6 is 0 Å². The Balaban J connectivity index is 2.06. The number of hydrogen-bond donors (Lipinski definition) is 0. The van der Waals surface area contributed by atoms with Crippen molar-refractivity contribution in [1.82, 2.24) is 9.80 Å². The predicted molar refractivity (Wildman–Crippen MR) is 83.9 cm³/mol. The third-order valence-electron chi connectivity index (χ3n) is 3.80. The summed E-state index contributed by atoms with van der Waals surface area (Å²) in [6.45, 7) is 3.02. The SMILES string of the molecule is COc1ccccc1S(=O)(=O)CC(=O)N1CCN(C(C)=O)CC1. The number of amides is 2. The van der Waals surface area contributed by atoms with E-state index in [-0.39, 0.29) is 16.6 Å². The van der Waals surface area contributed by atoms with E-state index >= 15 is 0 Å². The third-order valence-corrected chi connectivity index (χ3v) is 5.43. The second-order valence-electron chi connectivity index (χ2n) is 5.30. The van der Waals surface area contributed by atoms with Gasteiger partial charge in [-0.2, -0.15) is 0 Å². The maximum Gasteiger partial charge on any atom is 0.238 e. The van der Waals surface area contributed by atoms with E-state index in [0.717, 1.165) is 0 Å². The summed E-state index contributed by atoms with van der Waals surface area (Å²) in [5.74, 6) is -0.882. The highest BCUT2D eigenvalue weighted by atomic mass is 32.2. The van der Waals surface area contributed by atoms with E-state index < -0.39 is 21.5 Å². The van der Waals surface area contributed by atoms with Gasteiger partial charge in [0.05, 0.1) is 7.11 Å². The number of benzene rings is 1. The highest BCUT2D eigenvalue weighted by Gasteiger charge is 2.28. The molecule has 0 saturated carbocycles. The van der Waals surface area contributed by atoms with Gasteiger partial charge in [-0.3, -0.25) is 9.59 Å². The summed E-state index contributed by atoms with van der Waals surface area (Å²) in [6.07, 6.45) is 0. The van der Waals surface area contributed by atoms with Gasteiger partial charge in [0.2, 0.25) is 11.8 Å². The van der Waals surface area contributed by atoms with Crippen molar-refractivity contribution < 1.29 is 22.7 Å². The first-order valence-electron chi connectivity index (χ1n) is 7.24. The zero-order valence-electron chi connectivity index (χ0n) is 13.2. The van der Waals surface area contributed by atoms with Gasteiger partial charge >= 0.3 is 0 Å². The first-order valence-corrected chi connectivity index (χ1v) is 8.89. The lowest BCUT2D eigenvalue weighted by atomic mass is 10.3. The molecule has 1 aromatic rings. The molecule has 0 unspecified atom stereocenters. The van der Waals surface area contributed by atoms with E-state index in [2.05, 4.69) is 0 Å². The number of hydrogen-bond acceptors (Lipinski definition) is 5. The molecule has 0 atom stereocenters. The first kappa shape index (κ1) is 17.3. The summed E-state index contributed by atoms with van der Waals surface area (Å²) in [6, 6.07) is 6.23. The van der Waals surface area contributed by atoms with Crippen LogP contribution in [0, 0.1) is 0 Å². The Morgan fingerprint density at radius 1 is 1.09 bits per heavy atom. The van der Waals surface area contributed by atoms with E-state index in [1.54, 1.807) is 23.1 Å². The van der Waals surface area contributed by atoms with Crippen LogP contribution < -0.4 is 4.74 Å². The molecular weight excluding hydrogens is 320 g/mol. The normalized spacial score (nSPS) is 15.4. The van der Waals surface area contributed by atoms with E-state index in [0.29, 0.717) is 26.2 Å². The van der Waals surface area contributed by atoms with Gasteiger partial charge < -0.3 is 14.5 Å². The highest BCUT2D eigenvalue weighted by molar-refractivity contribution is 7.92. The number of sulfone groups is 1. The van der Waals surface area contributed by atoms with Crippen molar-refractivity contribution in [3.63, 3.8) is 0 Å². The molecule has 0 spiro atoms. The molecule has 1 fully saturated rings. The molecule has 8 heteroatoms. The molecule has 23 heavy (non-hydrogen) atoms. The van der Waals surface area contributed by atoms with E-state index in [9.17, 15) is 18.0 Å². The van der Waals surface area contributed by atoms with Crippen molar-refractivity contribution in [2.45, 2.75) is 11.8 Å². The van der Waals surface area contributed by atoms with Crippen molar-refractivity contribution in [2.24, 2.45) is 0 Å². The van der Waals surface area contributed by atoms with Crippen LogP contribution in [-0.4, -0.2) is 69.1 Å². The average molecular weight is 340 g/mol. The largest absolute Gasteiger partial charge is 0.495 e. The fourth-order valence-electron chi connectivity index (χ4n) is 2.48. The van der Waals surface area contributed by atoms with Crippen molar-refractivity contribution in [3.05, 3.63) is 24.3 Å². The van der Waals surface area contributed by atoms with Crippen LogP contribution in [0.2, 0.25) is 0 Å². The molecule has 0 aliphatic carbocycles. The Kier molecular flexibility index (Phi) is 5.25. The lowest BCUT2D eigenvalue weighted by Crippen LogP contribution is -2.51. The molecular formula is C15H20N2O5S. The minimum absolute atomic E-state index is 0.0122. The number of para-hydroxylation sites is 1. The number of methoxy groups -OCH3 is 1. The molecule has 1 heterocycles. The minimum Gasteiger partial charge on any atom is -0.495 e. The van der Waals surface area contributed by atoms with Crippen LogP contribution in [0.4, 0.5) is 0 Å². The molecule has 126 valence electrons. The summed E-state index contributed by atoms with van der Waals surface area (Å²) in [7, 11) is -2.39. The molecule has 1 aliphatic rings. The average Bonchev–Trinajstić information content (AvgIpc) is 2.54. The number of piperazine rings is 1. The molecule has 7 nitrogen and oxygen atoms in total. The van der Waals surface area contributed by atoms with Crippen LogP contribution in [-0.2, 0) is 19.4 Å².